The van der Waals surface area contributed by atoms with E-state index in [1.807, 2.05) is 0 Å². The van der Waals surface area contributed by atoms with Crippen LogP contribution in [0.3, 0.4) is 0 Å². The topological polar surface area (TPSA) is 38.7 Å². The Balaban J connectivity index is 3.42. The van der Waals surface area contributed by atoms with Gasteiger partial charge in [0.2, 0.25) is 0 Å². The quantitative estimate of drug-likeness (QED) is 0.909. The molecule has 78 valence electrons. The number of hydrogen-bond donors (Lipinski definition) is 1. The molecule has 0 saturated heterocycles. The first-order valence-electron chi connectivity index (χ1n) is 3.85. The van der Waals surface area contributed by atoms with E-state index in [0.717, 1.165) is 0 Å². The average Bonchev–Trinajstić information content (AvgIpc) is 2.20. The van der Waals surface area contributed by atoms with Crippen LogP contribution in [0.1, 0.15) is 5.56 Å². The van der Waals surface area contributed by atoms with Gasteiger partial charge in [-0.25, -0.2) is 4.39 Å². The summed E-state index contributed by atoms with van der Waals surface area (Å²) in [7, 11) is 2.84. The number of rotatable bonds is 3. The van der Waals surface area contributed by atoms with Crippen LogP contribution in [0.15, 0.2) is 10.5 Å². The van der Waals surface area contributed by atoms with Gasteiger partial charge in [0.05, 0.1) is 30.9 Å². The lowest BCUT2D eigenvalue weighted by atomic mass is 10.2. The highest BCUT2D eigenvalue weighted by molar-refractivity contribution is 9.10. The van der Waals surface area contributed by atoms with E-state index < -0.39 is 12.4 Å². The maximum absolute atomic E-state index is 13.4. The van der Waals surface area contributed by atoms with E-state index in [1.165, 1.54) is 20.3 Å². The highest BCUT2D eigenvalue weighted by Crippen LogP contribution is 2.37. The molecule has 1 aromatic rings. The predicted molar refractivity (Wildman–Crippen MR) is 53.1 cm³/mol. The summed E-state index contributed by atoms with van der Waals surface area (Å²) in [5.41, 5.74) is 0.0822. The molecule has 0 aromatic heterocycles. The van der Waals surface area contributed by atoms with Crippen LogP contribution in [0.5, 0.6) is 11.5 Å². The Labute approximate surface area is 89.6 Å². The molecule has 0 aliphatic carbocycles. The maximum atomic E-state index is 13.4. The normalized spacial score (nSPS) is 10.1. The summed E-state index contributed by atoms with van der Waals surface area (Å²) in [6.45, 7) is -0.440. The van der Waals surface area contributed by atoms with E-state index in [9.17, 15) is 4.39 Å². The minimum atomic E-state index is -0.537. The van der Waals surface area contributed by atoms with Crippen molar-refractivity contribution in [3.8, 4) is 11.5 Å². The Morgan fingerprint density at radius 1 is 1.43 bits per heavy atom. The number of halogens is 2. The second-order valence-electron chi connectivity index (χ2n) is 2.54. The van der Waals surface area contributed by atoms with Gasteiger partial charge < -0.3 is 14.6 Å². The molecule has 0 aliphatic rings. The maximum Gasteiger partial charge on any atom is 0.169 e. The second-order valence-corrected chi connectivity index (χ2v) is 3.40. The van der Waals surface area contributed by atoms with E-state index in [0.29, 0.717) is 5.75 Å². The lowest BCUT2D eigenvalue weighted by Gasteiger charge is -2.13. The van der Waals surface area contributed by atoms with Crippen LogP contribution < -0.4 is 9.47 Å². The van der Waals surface area contributed by atoms with Gasteiger partial charge in [0, 0.05) is 6.07 Å². The molecule has 0 spiro atoms. The van der Waals surface area contributed by atoms with Crippen LogP contribution in [-0.2, 0) is 6.61 Å². The molecule has 1 N–H and O–H groups in total. The molecule has 14 heavy (non-hydrogen) atoms. The summed E-state index contributed by atoms with van der Waals surface area (Å²) in [4.78, 5) is 0. The molecule has 0 saturated carbocycles. The van der Waals surface area contributed by atoms with Crippen molar-refractivity contribution in [3.63, 3.8) is 0 Å². The summed E-state index contributed by atoms with van der Waals surface area (Å²) in [6, 6.07) is 1.45. The molecule has 0 amide bonds. The van der Waals surface area contributed by atoms with E-state index >= 15 is 0 Å². The first-order valence-corrected chi connectivity index (χ1v) is 4.64. The zero-order valence-corrected chi connectivity index (χ0v) is 9.39. The third kappa shape index (κ3) is 1.83. The predicted octanol–water partition coefficient (Wildman–Crippen LogP) is 2.10. The van der Waals surface area contributed by atoms with Gasteiger partial charge in [-0.1, -0.05) is 0 Å². The van der Waals surface area contributed by atoms with Crippen molar-refractivity contribution in [1.29, 1.82) is 0 Å². The second kappa shape index (κ2) is 4.61. The summed E-state index contributed by atoms with van der Waals surface area (Å²) >= 11 is 3.02. The van der Waals surface area contributed by atoms with Crippen LogP contribution in [0, 0.1) is 5.82 Å². The van der Waals surface area contributed by atoms with Gasteiger partial charge in [-0.3, -0.25) is 0 Å². The molecule has 1 rings (SSSR count). The fourth-order valence-corrected chi connectivity index (χ4v) is 1.60. The van der Waals surface area contributed by atoms with Gasteiger partial charge in [0.1, 0.15) is 5.82 Å². The summed E-state index contributed by atoms with van der Waals surface area (Å²) in [5, 5.41) is 8.98. The van der Waals surface area contributed by atoms with E-state index in [-0.39, 0.29) is 15.8 Å². The molecule has 0 bridgehead atoms. The zero-order valence-electron chi connectivity index (χ0n) is 7.80. The molecular formula is C9H10BrFO3. The fourth-order valence-electron chi connectivity index (χ4n) is 1.15. The smallest absolute Gasteiger partial charge is 0.169 e. The van der Waals surface area contributed by atoms with Crippen LogP contribution in [0.25, 0.3) is 0 Å². The van der Waals surface area contributed by atoms with Crippen molar-refractivity contribution >= 4 is 15.9 Å². The Morgan fingerprint density at radius 3 is 2.50 bits per heavy atom. The third-order valence-electron chi connectivity index (χ3n) is 1.81. The Hall–Kier alpha value is -0.810. The SMILES string of the molecule is COc1cc(Br)c(F)c(CO)c1OC. The van der Waals surface area contributed by atoms with Crippen molar-refractivity contribution in [2.24, 2.45) is 0 Å². The number of methoxy groups -OCH3 is 2. The molecule has 5 heteroatoms. The minimum absolute atomic E-state index is 0.0822. The molecular weight excluding hydrogens is 255 g/mol. The van der Waals surface area contributed by atoms with Crippen LogP contribution >= 0.6 is 15.9 Å². The standard InChI is InChI=1S/C9H10BrFO3/c1-13-7-3-6(10)8(11)5(4-12)9(7)14-2/h3,12H,4H2,1-2H3. The Kier molecular flexibility index (Phi) is 3.71. The van der Waals surface area contributed by atoms with Crippen molar-refractivity contribution in [2.75, 3.05) is 14.2 Å². The van der Waals surface area contributed by atoms with Gasteiger partial charge in [0.15, 0.2) is 11.5 Å². The van der Waals surface area contributed by atoms with Crippen LogP contribution in [0.2, 0.25) is 0 Å². The van der Waals surface area contributed by atoms with Crippen molar-refractivity contribution < 1.29 is 19.0 Å². The third-order valence-corrected chi connectivity index (χ3v) is 2.39. The van der Waals surface area contributed by atoms with Gasteiger partial charge in [0.25, 0.3) is 0 Å². The first-order chi connectivity index (χ1) is 6.65. The highest BCUT2D eigenvalue weighted by Gasteiger charge is 2.17. The lowest BCUT2D eigenvalue weighted by Crippen LogP contribution is -2.00. The van der Waals surface area contributed by atoms with E-state index in [2.05, 4.69) is 15.9 Å². The molecule has 0 aliphatic heterocycles. The Bertz CT molecular complexity index is 341. The van der Waals surface area contributed by atoms with Crippen molar-refractivity contribution in [1.82, 2.24) is 0 Å². The molecule has 0 fully saturated rings. The summed E-state index contributed by atoms with van der Waals surface area (Å²) < 4.78 is 23.6. The van der Waals surface area contributed by atoms with Gasteiger partial charge >= 0.3 is 0 Å². The molecule has 3 nitrogen and oxygen atoms in total. The molecule has 0 unspecified atom stereocenters. The monoisotopic (exact) mass is 264 g/mol. The van der Waals surface area contributed by atoms with Crippen molar-refractivity contribution in [3.05, 3.63) is 21.9 Å². The molecule has 0 radical (unpaired) electrons. The van der Waals surface area contributed by atoms with Crippen molar-refractivity contribution in [2.45, 2.75) is 6.61 Å². The number of benzene rings is 1. The van der Waals surface area contributed by atoms with Gasteiger partial charge in [-0.15, -0.1) is 0 Å². The van der Waals surface area contributed by atoms with Crippen LogP contribution in [0.4, 0.5) is 4.39 Å². The Morgan fingerprint density at radius 2 is 2.07 bits per heavy atom. The summed E-state index contributed by atoms with van der Waals surface area (Å²) in [6.07, 6.45) is 0. The molecule has 1 aromatic carbocycles. The van der Waals surface area contributed by atoms with E-state index in [1.54, 1.807) is 0 Å². The largest absolute Gasteiger partial charge is 0.493 e. The number of ether oxygens (including phenoxy) is 2. The average molecular weight is 265 g/mol. The fraction of sp³-hybridized carbons (Fsp3) is 0.333. The van der Waals surface area contributed by atoms with Crippen LogP contribution in [-0.4, -0.2) is 19.3 Å². The highest BCUT2D eigenvalue weighted by atomic mass is 79.9. The van der Waals surface area contributed by atoms with E-state index in [4.69, 9.17) is 14.6 Å². The molecule has 0 atom stereocenters. The first kappa shape index (κ1) is 11.3. The molecule has 0 heterocycles. The minimum Gasteiger partial charge on any atom is -0.493 e. The summed E-state index contributed by atoms with van der Waals surface area (Å²) in [5.74, 6) is 0.0608. The number of aliphatic hydroxyl groups is 1. The lowest BCUT2D eigenvalue weighted by molar-refractivity contribution is 0.262. The number of hydrogen-bond acceptors (Lipinski definition) is 3. The van der Waals surface area contributed by atoms with Gasteiger partial charge in [-0.05, 0) is 15.9 Å². The van der Waals surface area contributed by atoms with Gasteiger partial charge in [-0.2, -0.15) is 0 Å². The number of aliphatic hydroxyl groups excluding tert-OH is 1. The zero-order chi connectivity index (χ0) is 10.7.